The summed E-state index contributed by atoms with van der Waals surface area (Å²) in [6.07, 6.45) is 3.75. The molecule has 2 aromatic rings. The molecular formula is C17H17N3O3. The number of aromatic carboxylic acids is 1. The molecule has 1 aliphatic heterocycles. The monoisotopic (exact) mass is 311 g/mol. The topological polar surface area (TPSA) is 84.2 Å². The molecule has 1 atom stereocenters. The fraction of sp³-hybridized carbons (Fsp3) is 0.235. The Hall–Kier alpha value is -2.89. The first-order valence-electron chi connectivity index (χ1n) is 7.43. The number of benzene rings is 1. The fourth-order valence-corrected chi connectivity index (χ4v) is 2.68. The second kappa shape index (κ2) is 6.08. The van der Waals surface area contributed by atoms with E-state index in [0.717, 1.165) is 23.9 Å². The Morgan fingerprint density at radius 2 is 2.13 bits per heavy atom. The van der Waals surface area contributed by atoms with E-state index in [1.54, 1.807) is 0 Å². The van der Waals surface area contributed by atoms with Crippen LogP contribution in [0.5, 0.6) is 0 Å². The van der Waals surface area contributed by atoms with Crippen LogP contribution in [0.4, 0.5) is 5.69 Å². The maximum Gasteiger partial charge on any atom is 0.342 e. The van der Waals surface area contributed by atoms with Crippen LogP contribution in [0.2, 0.25) is 0 Å². The molecule has 0 saturated heterocycles. The molecule has 0 aliphatic carbocycles. The molecule has 2 heterocycles. The molecule has 1 unspecified atom stereocenters. The molecule has 0 amide bonds. The summed E-state index contributed by atoms with van der Waals surface area (Å²) in [4.78, 5) is 27.6. The lowest BCUT2D eigenvalue weighted by molar-refractivity contribution is 0.0693. The zero-order valence-corrected chi connectivity index (χ0v) is 12.7. The van der Waals surface area contributed by atoms with E-state index in [2.05, 4.69) is 17.2 Å². The number of carbonyl (C=O) groups is 1. The minimum Gasteiger partial charge on any atom is -0.477 e. The van der Waals surface area contributed by atoms with Gasteiger partial charge in [0, 0.05) is 30.2 Å². The zero-order chi connectivity index (χ0) is 16.4. The van der Waals surface area contributed by atoms with Gasteiger partial charge in [-0.1, -0.05) is 25.1 Å². The molecule has 23 heavy (non-hydrogen) atoms. The van der Waals surface area contributed by atoms with Crippen molar-refractivity contribution in [2.24, 2.45) is 5.92 Å². The minimum atomic E-state index is -1.25. The van der Waals surface area contributed by atoms with E-state index in [4.69, 9.17) is 5.11 Å². The van der Waals surface area contributed by atoms with Crippen molar-refractivity contribution in [3.63, 3.8) is 0 Å². The van der Waals surface area contributed by atoms with Gasteiger partial charge in [0.05, 0.1) is 0 Å². The number of para-hydroxylation sites is 1. The molecule has 0 bridgehead atoms. The summed E-state index contributed by atoms with van der Waals surface area (Å²) in [5.41, 5.74) is 1.04. The Bertz CT molecular complexity index is 825. The highest BCUT2D eigenvalue weighted by Crippen LogP contribution is 2.29. The number of anilines is 1. The van der Waals surface area contributed by atoms with Crippen molar-refractivity contribution >= 4 is 17.2 Å². The lowest BCUT2D eigenvalue weighted by atomic mass is 9.94. The van der Waals surface area contributed by atoms with E-state index >= 15 is 0 Å². The van der Waals surface area contributed by atoms with Crippen LogP contribution in [-0.4, -0.2) is 20.6 Å². The standard InChI is InChI=1S/C17H17N3O3/c1-11-7-8-20-15(19-10-14(16(20)21)17(22)23)13(11)9-18-12-5-3-2-4-6-12/h2-6,9-11,18H,7-8H2,1H3,(H,22,23)/b13-9+. The summed E-state index contributed by atoms with van der Waals surface area (Å²) in [6, 6.07) is 9.69. The van der Waals surface area contributed by atoms with Crippen LogP contribution >= 0.6 is 0 Å². The summed E-state index contributed by atoms with van der Waals surface area (Å²) in [6.45, 7) is 2.55. The van der Waals surface area contributed by atoms with Crippen molar-refractivity contribution in [3.05, 3.63) is 64.5 Å². The quantitative estimate of drug-likeness (QED) is 0.909. The summed E-state index contributed by atoms with van der Waals surface area (Å²) in [7, 11) is 0. The van der Waals surface area contributed by atoms with Crippen LogP contribution in [-0.2, 0) is 6.54 Å². The van der Waals surface area contributed by atoms with Crippen LogP contribution in [0.15, 0.2) is 47.5 Å². The number of fused-ring (bicyclic) bond motifs is 1. The van der Waals surface area contributed by atoms with Crippen LogP contribution in [0, 0.1) is 5.92 Å². The van der Waals surface area contributed by atoms with Gasteiger partial charge in [0.2, 0.25) is 0 Å². The van der Waals surface area contributed by atoms with Gasteiger partial charge < -0.3 is 10.4 Å². The Morgan fingerprint density at radius 3 is 2.83 bits per heavy atom. The lowest BCUT2D eigenvalue weighted by Gasteiger charge is -2.25. The fourth-order valence-electron chi connectivity index (χ4n) is 2.68. The number of carboxylic acid groups (broad SMARTS) is 1. The predicted molar refractivity (Wildman–Crippen MR) is 87.3 cm³/mol. The molecule has 1 aromatic carbocycles. The number of hydrogen-bond acceptors (Lipinski definition) is 4. The molecule has 6 nitrogen and oxygen atoms in total. The van der Waals surface area contributed by atoms with Crippen LogP contribution in [0.3, 0.4) is 0 Å². The molecule has 1 aliphatic rings. The van der Waals surface area contributed by atoms with Crippen molar-refractivity contribution in [2.45, 2.75) is 19.9 Å². The third-order valence-electron chi connectivity index (χ3n) is 4.02. The first-order chi connectivity index (χ1) is 11.1. The number of rotatable bonds is 3. The maximum atomic E-state index is 12.3. The second-order valence-corrected chi connectivity index (χ2v) is 5.56. The van der Waals surface area contributed by atoms with Gasteiger partial charge in [-0.2, -0.15) is 0 Å². The van der Waals surface area contributed by atoms with Gasteiger partial charge in [-0.25, -0.2) is 9.78 Å². The third kappa shape index (κ3) is 2.88. The molecule has 0 spiro atoms. The van der Waals surface area contributed by atoms with Gasteiger partial charge in [-0.15, -0.1) is 0 Å². The van der Waals surface area contributed by atoms with E-state index in [-0.39, 0.29) is 11.5 Å². The van der Waals surface area contributed by atoms with Crippen LogP contribution in [0.25, 0.3) is 5.57 Å². The van der Waals surface area contributed by atoms with Crippen molar-refractivity contribution in [2.75, 3.05) is 5.32 Å². The van der Waals surface area contributed by atoms with Crippen molar-refractivity contribution in [3.8, 4) is 0 Å². The van der Waals surface area contributed by atoms with Gasteiger partial charge in [-0.05, 0) is 24.5 Å². The first kappa shape index (κ1) is 15.0. The van der Waals surface area contributed by atoms with E-state index in [9.17, 15) is 9.59 Å². The van der Waals surface area contributed by atoms with Crippen molar-refractivity contribution in [1.82, 2.24) is 9.55 Å². The minimum absolute atomic E-state index is 0.230. The molecule has 118 valence electrons. The Kier molecular flexibility index (Phi) is 3.97. The highest BCUT2D eigenvalue weighted by molar-refractivity contribution is 5.87. The smallest absolute Gasteiger partial charge is 0.342 e. The van der Waals surface area contributed by atoms with Gasteiger partial charge in [0.15, 0.2) is 0 Å². The number of aromatic nitrogens is 2. The Labute approximate surface area is 133 Å². The summed E-state index contributed by atoms with van der Waals surface area (Å²) in [5, 5.41) is 12.3. The number of hydrogen-bond donors (Lipinski definition) is 2. The molecule has 0 fully saturated rings. The van der Waals surface area contributed by atoms with Crippen molar-refractivity contribution in [1.29, 1.82) is 0 Å². The van der Waals surface area contributed by atoms with Gasteiger partial charge in [0.1, 0.15) is 11.4 Å². The average Bonchev–Trinajstić information content (AvgIpc) is 2.55. The molecule has 0 saturated carbocycles. The number of allylic oxidation sites excluding steroid dienone is 1. The lowest BCUT2D eigenvalue weighted by Crippen LogP contribution is -2.33. The molecule has 0 radical (unpaired) electrons. The predicted octanol–water partition coefficient (Wildman–Crippen LogP) is 2.43. The van der Waals surface area contributed by atoms with E-state index in [1.807, 2.05) is 36.5 Å². The highest BCUT2D eigenvalue weighted by atomic mass is 16.4. The summed E-state index contributed by atoms with van der Waals surface area (Å²) >= 11 is 0. The van der Waals surface area contributed by atoms with E-state index in [1.165, 1.54) is 4.57 Å². The summed E-state index contributed by atoms with van der Waals surface area (Å²) < 4.78 is 1.45. The largest absolute Gasteiger partial charge is 0.477 e. The molecule has 2 N–H and O–H groups in total. The normalized spacial score (nSPS) is 18.5. The molecular weight excluding hydrogens is 294 g/mol. The number of nitrogens with one attached hydrogen (secondary N) is 1. The Morgan fingerprint density at radius 1 is 1.39 bits per heavy atom. The summed E-state index contributed by atoms with van der Waals surface area (Å²) in [5.74, 6) is -0.486. The highest BCUT2D eigenvalue weighted by Gasteiger charge is 2.25. The van der Waals surface area contributed by atoms with Crippen LogP contribution in [0.1, 0.15) is 29.5 Å². The third-order valence-corrected chi connectivity index (χ3v) is 4.02. The molecule has 1 aromatic heterocycles. The van der Waals surface area contributed by atoms with Gasteiger partial charge in [-0.3, -0.25) is 9.36 Å². The molecule has 3 rings (SSSR count). The van der Waals surface area contributed by atoms with E-state index < -0.39 is 11.5 Å². The molecule has 6 heteroatoms. The van der Waals surface area contributed by atoms with Gasteiger partial charge in [0.25, 0.3) is 5.56 Å². The number of carboxylic acids is 1. The average molecular weight is 311 g/mol. The van der Waals surface area contributed by atoms with Gasteiger partial charge >= 0.3 is 5.97 Å². The van der Waals surface area contributed by atoms with Crippen molar-refractivity contribution < 1.29 is 9.90 Å². The van der Waals surface area contributed by atoms with Crippen LogP contribution < -0.4 is 10.9 Å². The maximum absolute atomic E-state index is 12.3. The SMILES string of the molecule is CC1CCn2c(ncc(C(=O)O)c2=O)/C1=C/Nc1ccccc1. The van der Waals surface area contributed by atoms with E-state index in [0.29, 0.717) is 12.4 Å². The zero-order valence-electron chi connectivity index (χ0n) is 12.7. The number of nitrogens with zero attached hydrogens (tertiary/aromatic N) is 2. The Balaban J connectivity index is 2.02. The first-order valence-corrected chi connectivity index (χ1v) is 7.43. The second-order valence-electron chi connectivity index (χ2n) is 5.56.